The fourth-order valence-corrected chi connectivity index (χ4v) is 3.11. The summed E-state index contributed by atoms with van der Waals surface area (Å²) < 4.78 is 0. The van der Waals surface area contributed by atoms with Crippen LogP contribution in [0.3, 0.4) is 0 Å². The van der Waals surface area contributed by atoms with E-state index < -0.39 is 6.04 Å². The maximum absolute atomic E-state index is 12.6. The van der Waals surface area contributed by atoms with Crippen LogP contribution < -0.4 is 16.0 Å². The first kappa shape index (κ1) is 19.7. The van der Waals surface area contributed by atoms with Crippen LogP contribution in [0.2, 0.25) is 5.02 Å². The fourth-order valence-electron chi connectivity index (χ4n) is 2.98. The first-order valence-corrected chi connectivity index (χ1v) is 9.44. The molecule has 3 unspecified atom stereocenters. The highest BCUT2D eigenvalue weighted by atomic mass is 35.5. The van der Waals surface area contributed by atoms with Crippen molar-refractivity contribution in [1.29, 1.82) is 0 Å². The summed E-state index contributed by atoms with van der Waals surface area (Å²) in [5.41, 5.74) is 0.502. The molecule has 1 aromatic rings. The third kappa shape index (κ3) is 6.01. The predicted octanol–water partition coefficient (Wildman–Crippen LogP) is 2.60. The normalized spacial score (nSPS) is 19.7. The molecule has 1 aromatic carbocycles. The van der Waals surface area contributed by atoms with E-state index >= 15 is 0 Å². The molecule has 1 heterocycles. The van der Waals surface area contributed by atoms with Crippen LogP contribution in [0.25, 0.3) is 0 Å². The molecule has 0 saturated carbocycles. The van der Waals surface area contributed by atoms with E-state index in [-0.39, 0.29) is 17.7 Å². The zero-order valence-corrected chi connectivity index (χ0v) is 15.7. The van der Waals surface area contributed by atoms with Crippen molar-refractivity contribution in [3.63, 3.8) is 0 Å². The van der Waals surface area contributed by atoms with Crippen molar-refractivity contribution in [3.8, 4) is 0 Å². The third-order valence-corrected chi connectivity index (χ3v) is 5.10. The minimum absolute atomic E-state index is 0.0562. The maximum Gasteiger partial charge on any atom is 0.251 e. The van der Waals surface area contributed by atoms with Crippen molar-refractivity contribution in [3.05, 3.63) is 34.9 Å². The molecule has 138 valence electrons. The Morgan fingerprint density at radius 1 is 1.32 bits per heavy atom. The SMILES string of the molecule is CCC(C)C(NC(=O)c1ccc(Cl)cc1)C(=O)NCC1CCCNC1. The van der Waals surface area contributed by atoms with Gasteiger partial charge in [-0.05, 0) is 62.0 Å². The topological polar surface area (TPSA) is 70.2 Å². The molecule has 0 bridgehead atoms. The number of nitrogens with one attached hydrogen (secondary N) is 3. The van der Waals surface area contributed by atoms with E-state index in [9.17, 15) is 9.59 Å². The first-order chi connectivity index (χ1) is 12.0. The van der Waals surface area contributed by atoms with Gasteiger partial charge in [0.15, 0.2) is 0 Å². The summed E-state index contributed by atoms with van der Waals surface area (Å²) in [6, 6.07) is 6.13. The minimum atomic E-state index is -0.537. The lowest BCUT2D eigenvalue weighted by atomic mass is 9.96. The monoisotopic (exact) mass is 365 g/mol. The van der Waals surface area contributed by atoms with E-state index in [4.69, 9.17) is 11.6 Å². The van der Waals surface area contributed by atoms with Gasteiger partial charge in [-0.1, -0.05) is 31.9 Å². The number of benzene rings is 1. The summed E-state index contributed by atoms with van der Waals surface area (Å²) in [6.45, 7) is 6.64. The zero-order chi connectivity index (χ0) is 18.2. The molecule has 2 amide bonds. The van der Waals surface area contributed by atoms with Gasteiger partial charge in [0.05, 0.1) is 0 Å². The van der Waals surface area contributed by atoms with Crippen molar-refractivity contribution in [2.45, 2.75) is 39.2 Å². The summed E-state index contributed by atoms with van der Waals surface area (Å²) in [7, 11) is 0. The molecule has 0 aromatic heterocycles. The van der Waals surface area contributed by atoms with Crippen LogP contribution in [0.1, 0.15) is 43.5 Å². The van der Waals surface area contributed by atoms with Crippen molar-refractivity contribution >= 4 is 23.4 Å². The van der Waals surface area contributed by atoms with Gasteiger partial charge in [0.25, 0.3) is 5.91 Å². The van der Waals surface area contributed by atoms with Gasteiger partial charge in [-0.2, -0.15) is 0 Å². The first-order valence-electron chi connectivity index (χ1n) is 9.06. The number of piperidine rings is 1. The third-order valence-electron chi connectivity index (χ3n) is 4.85. The van der Waals surface area contributed by atoms with E-state index in [1.165, 1.54) is 0 Å². The lowest BCUT2D eigenvalue weighted by Crippen LogP contribution is -2.51. The molecule has 0 radical (unpaired) electrons. The van der Waals surface area contributed by atoms with Gasteiger partial charge < -0.3 is 16.0 Å². The Labute approximate surface area is 154 Å². The van der Waals surface area contributed by atoms with Gasteiger partial charge >= 0.3 is 0 Å². The molecule has 6 heteroatoms. The molecule has 3 atom stereocenters. The molecule has 1 aliphatic heterocycles. The summed E-state index contributed by atoms with van der Waals surface area (Å²) in [4.78, 5) is 25.1. The van der Waals surface area contributed by atoms with Crippen molar-refractivity contribution in [1.82, 2.24) is 16.0 Å². The smallest absolute Gasteiger partial charge is 0.251 e. The van der Waals surface area contributed by atoms with Crippen molar-refractivity contribution < 1.29 is 9.59 Å². The highest BCUT2D eigenvalue weighted by Crippen LogP contribution is 2.13. The Bertz CT molecular complexity index is 571. The molecule has 3 N–H and O–H groups in total. The molecule has 5 nitrogen and oxygen atoms in total. The summed E-state index contributed by atoms with van der Waals surface area (Å²) in [5, 5.41) is 9.83. The average molecular weight is 366 g/mol. The van der Waals surface area contributed by atoms with E-state index in [2.05, 4.69) is 16.0 Å². The fraction of sp³-hybridized carbons (Fsp3) is 0.579. The van der Waals surface area contributed by atoms with Crippen LogP contribution in [-0.4, -0.2) is 37.5 Å². The Morgan fingerprint density at radius 3 is 2.64 bits per heavy atom. The Hall–Kier alpha value is -1.59. The summed E-state index contributed by atoms with van der Waals surface area (Å²) in [5.74, 6) is 0.154. The molecule has 1 fully saturated rings. The Balaban J connectivity index is 1.95. The number of rotatable bonds is 7. The van der Waals surface area contributed by atoms with Gasteiger partial charge in [0, 0.05) is 17.1 Å². The lowest BCUT2D eigenvalue weighted by molar-refractivity contribution is -0.124. The van der Waals surface area contributed by atoms with Crippen molar-refractivity contribution in [2.75, 3.05) is 19.6 Å². The van der Waals surface area contributed by atoms with Gasteiger partial charge in [0.1, 0.15) is 6.04 Å². The van der Waals surface area contributed by atoms with E-state index in [1.54, 1.807) is 24.3 Å². The van der Waals surface area contributed by atoms with Crippen LogP contribution >= 0.6 is 11.6 Å². The van der Waals surface area contributed by atoms with Gasteiger partial charge in [0.2, 0.25) is 5.91 Å². The molecule has 1 saturated heterocycles. The summed E-state index contributed by atoms with van der Waals surface area (Å²) in [6.07, 6.45) is 3.07. The average Bonchev–Trinajstić information content (AvgIpc) is 2.64. The Kier molecular flexibility index (Phi) is 7.72. The van der Waals surface area contributed by atoms with Gasteiger partial charge in [-0.15, -0.1) is 0 Å². The quantitative estimate of drug-likeness (QED) is 0.695. The zero-order valence-electron chi connectivity index (χ0n) is 15.0. The van der Waals surface area contributed by atoms with Gasteiger partial charge in [-0.25, -0.2) is 0 Å². The molecule has 1 aliphatic rings. The summed E-state index contributed by atoms with van der Waals surface area (Å²) >= 11 is 5.86. The molecule has 25 heavy (non-hydrogen) atoms. The molecule has 2 rings (SSSR count). The number of carbonyl (C=O) groups is 2. The number of carbonyl (C=O) groups excluding carboxylic acids is 2. The molecular formula is C19H28ClN3O2. The molecule has 0 spiro atoms. The Morgan fingerprint density at radius 2 is 2.04 bits per heavy atom. The number of halogens is 1. The van der Waals surface area contributed by atoms with Crippen LogP contribution in [0.4, 0.5) is 0 Å². The highest BCUT2D eigenvalue weighted by molar-refractivity contribution is 6.30. The van der Waals surface area contributed by atoms with E-state index in [0.29, 0.717) is 23.0 Å². The lowest BCUT2D eigenvalue weighted by Gasteiger charge is -2.27. The van der Waals surface area contributed by atoms with E-state index in [1.807, 2.05) is 13.8 Å². The largest absolute Gasteiger partial charge is 0.354 e. The van der Waals surface area contributed by atoms with Crippen LogP contribution in [0, 0.1) is 11.8 Å². The number of hydrogen-bond acceptors (Lipinski definition) is 3. The minimum Gasteiger partial charge on any atom is -0.354 e. The predicted molar refractivity (Wildman–Crippen MR) is 101 cm³/mol. The molecule has 0 aliphatic carbocycles. The number of amides is 2. The van der Waals surface area contributed by atoms with Crippen LogP contribution in [-0.2, 0) is 4.79 Å². The second-order valence-electron chi connectivity index (χ2n) is 6.80. The van der Waals surface area contributed by atoms with Crippen molar-refractivity contribution in [2.24, 2.45) is 11.8 Å². The second kappa shape index (κ2) is 9.78. The second-order valence-corrected chi connectivity index (χ2v) is 7.24. The van der Waals surface area contributed by atoms with Gasteiger partial charge in [-0.3, -0.25) is 9.59 Å². The standard InChI is InChI=1S/C19H28ClN3O2/c1-3-13(2)17(19(25)22-12-14-5-4-10-21-11-14)23-18(24)15-6-8-16(20)9-7-15/h6-9,13-14,17,21H,3-5,10-12H2,1-2H3,(H,22,25)(H,23,24). The van der Waals surface area contributed by atoms with Crippen LogP contribution in [0.15, 0.2) is 24.3 Å². The maximum atomic E-state index is 12.6. The van der Waals surface area contributed by atoms with E-state index in [0.717, 1.165) is 32.4 Å². The number of hydrogen-bond donors (Lipinski definition) is 3. The molecular weight excluding hydrogens is 338 g/mol. The highest BCUT2D eigenvalue weighted by Gasteiger charge is 2.27. The van der Waals surface area contributed by atoms with Crippen LogP contribution in [0.5, 0.6) is 0 Å².